The van der Waals surface area contributed by atoms with Gasteiger partial charge in [0.05, 0.1) is 5.92 Å². The molecule has 1 heterocycles. The Balaban J connectivity index is 1.89. The molecule has 0 aromatic heterocycles. The molecule has 1 aliphatic rings. The van der Waals surface area contributed by atoms with Crippen LogP contribution in [0.5, 0.6) is 5.75 Å². The van der Waals surface area contributed by atoms with E-state index in [1.807, 2.05) is 0 Å². The maximum Gasteiger partial charge on any atom is 0.321 e. The molecule has 0 saturated carbocycles. The molecule has 0 spiro atoms. The molecule has 2 atom stereocenters. The van der Waals surface area contributed by atoms with Crippen LogP contribution in [0, 0.1) is 5.92 Å². The minimum atomic E-state index is -1.10. The van der Waals surface area contributed by atoms with E-state index >= 15 is 0 Å². The summed E-state index contributed by atoms with van der Waals surface area (Å²) >= 11 is 5.96. The van der Waals surface area contributed by atoms with Crippen LogP contribution >= 0.6 is 11.6 Å². The molecule has 0 aliphatic carbocycles. The second-order valence-electron chi connectivity index (χ2n) is 7.24. The molecule has 2 rings (SSSR count). The van der Waals surface area contributed by atoms with Crippen LogP contribution in [-0.4, -0.2) is 36.2 Å². The quantitative estimate of drug-likeness (QED) is 0.783. The summed E-state index contributed by atoms with van der Waals surface area (Å²) in [6, 6.07) is 4.57. The highest BCUT2D eigenvalue weighted by Crippen LogP contribution is 2.30. The average molecular weight is 383 g/mol. The number of benzene rings is 1. The van der Waals surface area contributed by atoms with Crippen molar-refractivity contribution in [2.24, 2.45) is 5.92 Å². The molecule has 0 radical (unpaired) electrons. The molecule has 0 fully saturated rings. The number of fused-ring (bicyclic) bond motifs is 1. The SMILES string of the molecule is C[C@H](OC(=O)[C@H]1COc2ccc(Cl)cc2C1)C(=O)NC(=O)NC(C)(C)C. The number of imide groups is 1. The van der Waals surface area contributed by atoms with Gasteiger partial charge in [0, 0.05) is 10.6 Å². The molecule has 1 aliphatic heterocycles. The summed E-state index contributed by atoms with van der Waals surface area (Å²) in [6.45, 7) is 6.92. The van der Waals surface area contributed by atoms with Gasteiger partial charge in [0.1, 0.15) is 12.4 Å². The van der Waals surface area contributed by atoms with E-state index in [9.17, 15) is 14.4 Å². The number of carbonyl (C=O) groups excluding carboxylic acids is 3. The highest BCUT2D eigenvalue weighted by atomic mass is 35.5. The van der Waals surface area contributed by atoms with E-state index in [4.69, 9.17) is 21.1 Å². The molecule has 1 aromatic carbocycles. The zero-order valence-corrected chi connectivity index (χ0v) is 16.0. The monoisotopic (exact) mass is 382 g/mol. The van der Waals surface area contributed by atoms with Crippen LogP contribution in [0.1, 0.15) is 33.3 Å². The first kappa shape index (κ1) is 20.0. The van der Waals surface area contributed by atoms with Crippen LogP contribution in [0.25, 0.3) is 0 Å². The summed E-state index contributed by atoms with van der Waals surface area (Å²) in [5.41, 5.74) is 0.325. The van der Waals surface area contributed by atoms with Crippen molar-refractivity contribution in [3.63, 3.8) is 0 Å². The number of amides is 3. The topological polar surface area (TPSA) is 93.7 Å². The Bertz CT molecular complexity index is 714. The number of hydrogen-bond acceptors (Lipinski definition) is 5. The van der Waals surface area contributed by atoms with Crippen LogP contribution in [0.2, 0.25) is 5.02 Å². The Morgan fingerprint density at radius 1 is 1.31 bits per heavy atom. The lowest BCUT2D eigenvalue weighted by Gasteiger charge is -2.25. The maximum atomic E-state index is 12.3. The van der Waals surface area contributed by atoms with E-state index in [0.717, 1.165) is 5.56 Å². The van der Waals surface area contributed by atoms with Gasteiger partial charge in [-0.1, -0.05) is 11.6 Å². The first-order valence-corrected chi connectivity index (χ1v) is 8.67. The average Bonchev–Trinajstić information content (AvgIpc) is 2.51. The first-order valence-electron chi connectivity index (χ1n) is 8.30. The molecule has 0 saturated heterocycles. The lowest BCUT2D eigenvalue weighted by atomic mass is 9.97. The van der Waals surface area contributed by atoms with E-state index in [2.05, 4.69) is 10.6 Å². The lowest BCUT2D eigenvalue weighted by molar-refractivity contribution is -0.159. The van der Waals surface area contributed by atoms with Gasteiger partial charge in [-0.25, -0.2) is 4.79 Å². The standard InChI is InChI=1S/C18H23ClN2O5/c1-10(15(22)20-17(24)21-18(2,3)4)26-16(23)12-7-11-8-13(19)5-6-14(11)25-9-12/h5-6,8,10,12H,7,9H2,1-4H3,(H2,20,21,22,24)/t10-,12+/m0/s1. The molecule has 0 bridgehead atoms. The number of halogens is 1. The minimum absolute atomic E-state index is 0.159. The van der Waals surface area contributed by atoms with Gasteiger partial charge in [-0.05, 0) is 57.9 Å². The summed E-state index contributed by atoms with van der Waals surface area (Å²) in [4.78, 5) is 36.0. The molecule has 7 nitrogen and oxygen atoms in total. The molecule has 142 valence electrons. The van der Waals surface area contributed by atoms with Gasteiger partial charge in [0.2, 0.25) is 0 Å². The number of carbonyl (C=O) groups is 3. The fourth-order valence-corrected chi connectivity index (χ4v) is 2.62. The first-order chi connectivity index (χ1) is 12.0. The summed E-state index contributed by atoms with van der Waals surface area (Å²) in [5, 5.41) is 5.30. The van der Waals surface area contributed by atoms with Gasteiger partial charge in [-0.2, -0.15) is 0 Å². The van der Waals surface area contributed by atoms with Gasteiger partial charge in [-0.3, -0.25) is 14.9 Å². The fraction of sp³-hybridized carbons (Fsp3) is 0.500. The highest BCUT2D eigenvalue weighted by molar-refractivity contribution is 6.30. The third-order valence-electron chi connectivity index (χ3n) is 3.65. The van der Waals surface area contributed by atoms with Crippen molar-refractivity contribution in [1.82, 2.24) is 10.6 Å². The Morgan fingerprint density at radius 2 is 2.00 bits per heavy atom. The number of ether oxygens (including phenoxy) is 2. The largest absolute Gasteiger partial charge is 0.492 e. The summed E-state index contributed by atoms with van der Waals surface area (Å²) < 4.78 is 10.7. The van der Waals surface area contributed by atoms with Crippen molar-refractivity contribution in [3.05, 3.63) is 28.8 Å². The van der Waals surface area contributed by atoms with Crippen molar-refractivity contribution in [2.75, 3.05) is 6.61 Å². The molecule has 0 unspecified atom stereocenters. The van der Waals surface area contributed by atoms with Crippen molar-refractivity contribution in [3.8, 4) is 5.75 Å². The fourth-order valence-electron chi connectivity index (χ4n) is 2.42. The van der Waals surface area contributed by atoms with E-state index < -0.39 is 35.5 Å². The number of hydrogen-bond donors (Lipinski definition) is 2. The maximum absolute atomic E-state index is 12.3. The predicted molar refractivity (Wildman–Crippen MR) is 96.1 cm³/mol. The van der Waals surface area contributed by atoms with Crippen LogP contribution in [-0.2, 0) is 20.7 Å². The van der Waals surface area contributed by atoms with Crippen molar-refractivity contribution in [2.45, 2.75) is 45.8 Å². The number of rotatable bonds is 3. The van der Waals surface area contributed by atoms with E-state index in [-0.39, 0.29) is 6.61 Å². The molecular formula is C18H23ClN2O5. The summed E-state index contributed by atoms with van der Waals surface area (Å²) in [5.74, 6) is -1.11. The van der Waals surface area contributed by atoms with Crippen LogP contribution < -0.4 is 15.4 Å². The highest BCUT2D eigenvalue weighted by Gasteiger charge is 2.30. The van der Waals surface area contributed by atoms with Crippen LogP contribution in [0.4, 0.5) is 4.79 Å². The van der Waals surface area contributed by atoms with Gasteiger partial charge >= 0.3 is 12.0 Å². The van der Waals surface area contributed by atoms with E-state index in [0.29, 0.717) is 17.2 Å². The zero-order valence-electron chi connectivity index (χ0n) is 15.2. The summed E-state index contributed by atoms with van der Waals surface area (Å²) in [7, 11) is 0. The van der Waals surface area contributed by atoms with Crippen molar-refractivity contribution >= 4 is 29.5 Å². The predicted octanol–water partition coefficient (Wildman–Crippen LogP) is 2.45. The van der Waals surface area contributed by atoms with Gasteiger partial charge in [-0.15, -0.1) is 0 Å². The molecule has 1 aromatic rings. The Hall–Kier alpha value is -2.28. The molecule has 8 heteroatoms. The Kier molecular flexibility index (Phi) is 6.13. The minimum Gasteiger partial charge on any atom is -0.492 e. The van der Waals surface area contributed by atoms with Crippen LogP contribution in [0.3, 0.4) is 0 Å². The third kappa shape index (κ3) is 5.62. The Labute approximate surface area is 157 Å². The molecule has 26 heavy (non-hydrogen) atoms. The third-order valence-corrected chi connectivity index (χ3v) is 3.88. The lowest BCUT2D eigenvalue weighted by Crippen LogP contribution is -2.50. The number of nitrogens with one attached hydrogen (secondary N) is 2. The number of esters is 1. The van der Waals surface area contributed by atoms with Crippen LogP contribution in [0.15, 0.2) is 18.2 Å². The molecular weight excluding hydrogens is 360 g/mol. The van der Waals surface area contributed by atoms with Gasteiger partial charge in [0.15, 0.2) is 6.10 Å². The van der Waals surface area contributed by atoms with Crippen molar-refractivity contribution < 1.29 is 23.9 Å². The second-order valence-corrected chi connectivity index (χ2v) is 7.67. The Morgan fingerprint density at radius 3 is 2.65 bits per heavy atom. The smallest absolute Gasteiger partial charge is 0.321 e. The van der Waals surface area contributed by atoms with E-state index in [1.165, 1.54) is 6.92 Å². The van der Waals surface area contributed by atoms with E-state index in [1.54, 1.807) is 39.0 Å². The summed E-state index contributed by atoms with van der Waals surface area (Å²) in [6.07, 6.45) is -0.693. The molecule has 3 amide bonds. The van der Waals surface area contributed by atoms with Gasteiger partial charge < -0.3 is 14.8 Å². The normalized spacial score (nSPS) is 17.3. The molecule has 2 N–H and O–H groups in total. The van der Waals surface area contributed by atoms with Crippen molar-refractivity contribution in [1.29, 1.82) is 0 Å². The zero-order chi connectivity index (χ0) is 19.5. The number of urea groups is 1. The van der Waals surface area contributed by atoms with Gasteiger partial charge in [0.25, 0.3) is 5.91 Å². The second kappa shape index (κ2) is 7.95.